The number of fused-ring (bicyclic) bond motifs is 1. The molecule has 1 atom stereocenters. The molecular formula is C11H11ClN6S. The number of benzene rings is 1. The van der Waals surface area contributed by atoms with E-state index in [1.54, 1.807) is 16.9 Å². The van der Waals surface area contributed by atoms with Gasteiger partial charge < -0.3 is 5.73 Å². The zero-order valence-electron chi connectivity index (χ0n) is 10.1. The standard InChI is InChI=1S/C11H11ClN6S/c1-2-7(13)9-5-18(17-14-9)11-6(12)3-4-8-10(11)16-19-15-8/h3-5,7H,2,13H2,1H3. The third kappa shape index (κ3) is 2.09. The number of halogens is 1. The first-order chi connectivity index (χ1) is 9.20. The summed E-state index contributed by atoms with van der Waals surface area (Å²) < 4.78 is 10.1. The molecule has 19 heavy (non-hydrogen) atoms. The van der Waals surface area contributed by atoms with E-state index >= 15 is 0 Å². The molecule has 2 heterocycles. The van der Waals surface area contributed by atoms with Gasteiger partial charge in [-0.15, -0.1) is 5.10 Å². The smallest absolute Gasteiger partial charge is 0.132 e. The molecule has 0 aliphatic carbocycles. The van der Waals surface area contributed by atoms with Crippen molar-refractivity contribution < 1.29 is 0 Å². The zero-order chi connectivity index (χ0) is 13.4. The van der Waals surface area contributed by atoms with E-state index in [9.17, 15) is 0 Å². The maximum Gasteiger partial charge on any atom is 0.132 e. The highest BCUT2D eigenvalue weighted by Crippen LogP contribution is 2.28. The van der Waals surface area contributed by atoms with Gasteiger partial charge in [-0.25, -0.2) is 4.68 Å². The molecule has 0 fully saturated rings. The van der Waals surface area contributed by atoms with Gasteiger partial charge in [-0.05, 0) is 18.6 Å². The Balaban J connectivity index is 2.16. The summed E-state index contributed by atoms with van der Waals surface area (Å²) in [4.78, 5) is 0. The number of nitrogens with zero attached hydrogens (tertiary/aromatic N) is 5. The largest absolute Gasteiger partial charge is 0.323 e. The van der Waals surface area contributed by atoms with Crippen molar-refractivity contribution in [2.24, 2.45) is 5.73 Å². The Morgan fingerprint density at radius 1 is 1.42 bits per heavy atom. The van der Waals surface area contributed by atoms with E-state index in [-0.39, 0.29) is 6.04 Å². The van der Waals surface area contributed by atoms with Gasteiger partial charge in [-0.2, -0.15) is 8.75 Å². The summed E-state index contributed by atoms with van der Waals surface area (Å²) in [7, 11) is 0. The SMILES string of the molecule is CCC(N)c1cn(-c2c(Cl)ccc3nsnc23)nn1. The second-order valence-corrected chi connectivity index (χ2v) is 5.07. The van der Waals surface area contributed by atoms with Crippen molar-refractivity contribution in [1.82, 2.24) is 23.7 Å². The molecule has 0 amide bonds. The molecule has 0 saturated heterocycles. The summed E-state index contributed by atoms with van der Waals surface area (Å²) >= 11 is 7.38. The highest BCUT2D eigenvalue weighted by atomic mass is 35.5. The zero-order valence-corrected chi connectivity index (χ0v) is 11.7. The van der Waals surface area contributed by atoms with Gasteiger partial charge in [0.05, 0.1) is 34.7 Å². The van der Waals surface area contributed by atoms with Crippen LogP contribution in [0.5, 0.6) is 0 Å². The Morgan fingerprint density at radius 2 is 2.26 bits per heavy atom. The van der Waals surface area contributed by atoms with Crippen molar-refractivity contribution >= 4 is 34.4 Å². The van der Waals surface area contributed by atoms with Crippen LogP contribution in [0.3, 0.4) is 0 Å². The number of aromatic nitrogens is 5. The van der Waals surface area contributed by atoms with Crippen LogP contribution in [0.4, 0.5) is 0 Å². The monoisotopic (exact) mass is 294 g/mol. The number of hydrogen-bond acceptors (Lipinski definition) is 6. The minimum atomic E-state index is -0.125. The molecule has 2 aromatic heterocycles. The molecule has 3 rings (SSSR count). The first-order valence-corrected chi connectivity index (χ1v) is 6.90. The molecule has 6 nitrogen and oxygen atoms in total. The average molecular weight is 295 g/mol. The van der Waals surface area contributed by atoms with Gasteiger partial charge in [0.25, 0.3) is 0 Å². The van der Waals surface area contributed by atoms with Gasteiger partial charge in [0.1, 0.15) is 16.7 Å². The highest BCUT2D eigenvalue weighted by Gasteiger charge is 2.15. The highest BCUT2D eigenvalue weighted by molar-refractivity contribution is 7.00. The molecule has 3 aromatic rings. The van der Waals surface area contributed by atoms with Crippen LogP contribution >= 0.6 is 23.3 Å². The van der Waals surface area contributed by atoms with Gasteiger partial charge in [0.2, 0.25) is 0 Å². The fourth-order valence-electron chi connectivity index (χ4n) is 1.80. The lowest BCUT2D eigenvalue weighted by Crippen LogP contribution is -2.08. The van der Waals surface area contributed by atoms with Crippen LogP contribution in [0, 0.1) is 0 Å². The van der Waals surface area contributed by atoms with Crippen molar-refractivity contribution in [3.8, 4) is 5.69 Å². The Labute approximate surface area is 118 Å². The average Bonchev–Trinajstić information content (AvgIpc) is 3.06. The van der Waals surface area contributed by atoms with E-state index in [0.717, 1.165) is 34.9 Å². The summed E-state index contributed by atoms with van der Waals surface area (Å²) in [5.41, 5.74) is 8.88. The molecule has 8 heteroatoms. The predicted molar refractivity (Wildman–Crippen MR) is 74.6 cm³/mol. The molecule has 0 aliphatic heterocycles. The fourth-order valence-corrected chi connectivity index (χ4v) is 2.57. The fraction of sp³-hybridized carbons (Fsp3) is 0.273. The maximum absolute atomic E-state index is 6.23. The number of nitrogens with two attached hydrogens (primary N) is 1. The van der Waals surface area contributed by atoms with Crippen LogP contribution in [0.2, 0.25) is 5.02 Å². The van der Waals surface area contributed by atoms with Gasteiger partial charge in [-0.3, -0.25) is 0 Å². The quantitative estimate of drug-likeness (QED) is 0.801. The topological polar surface area (TPSA) is 82.5 Å². The van der Waals surface area contributed by atoms with Gasteiger partial charge >= 0.3 is 0 Å². The first kappa shape index (κ1) is 12.5. The number of hydrogen-bond donors (Lipinski definition) is 1. The Kier molecular flexibility index (Phi) is 3.17. The molecule has 0 radical (unpaired) electrons. The van der Waals surface area contributed by atoms with Gasteiger partial charge in [0, 0.05) is 0 Å². The molecule has 0 bridgehead atoms. The van der Waals surface area contributed by atoms with E-state index in [0.29, 0.717) is 10.7 Å². The summed E-state index contributed by atoms with van der Waals surface area (Å²) in [6, 6.07) is 3.49. The van der Waals surface area contributed by atoms with Crippen LogP contribution in [-0.2, 0) is 0 Å². The second kappa shape index (κ2) is 4.84. The van der Waals surface area contributed by atoms with E-state index in [2.05, 4.69) is 19.1 Å². The molecule has 0 spiro atoms. The molecule has 2 N–H and O–H groups in total. The third-order valence-corrected chi connectivity index (χ3v) is 3.76. The summed E-state index contributed by atoms with van der Waals surface area (Å²) in [6.07, 6.45) is 2.59. The molecule has 0 aliphatic rings. The second-order valence-electron chi connectivity index (χ2n) is 4.13. The van der Waals surface area contributed by atoms with Crippen LogP contribution in [0.15, 0.2) is 18.3 Å². The van der Waals surface area contributed by atoms with Crippen LogP contribution in [0.25, 0.3) is 16.7 Å². The van der Waals surface area contributed by atoms with Crippen LogP contribution < -0.4 is 5.73 Å². The molecule has 1 aromatic carbocycles. The molecule has 98 valence electrons. The minimum Gasteiger partial charge on any atom is -0.323 e. The van der Waals surface area contributed by atoms with Gasteiger partial charge in [-0.1, -0.05) is 23.7 Å². The van der Waals surface area contributed by atoms with Crippen LogP contribution in [-0.4, -0.2) is 23.7 Å². The molecular weight excluding hydrogens is 284 g/mol. The normalized spacial score (nSPS) is 13.0. The first-order valence-electron chi connectivity index (χ1n) is 5.79. The lowest BCUT2D eigenvalue weighted by atomic mass is 10.2. The van der Waals surface area contributed by atoms with E-state index in [1.165, 1.54) is 0 Å². The van der Waals surface area contributed by atoms with Crippen LogP contribution in [0.1, 0.15) is 25.1 Å². The van der Waals surface area contributed by atoms with Crippen molar-refractivity contribution in [3.05, 3.63) is 29.0 Å². The Hall–Kier alpha value is -1.57. The van der Waals surface area contributed by atoms with Crippen molar-refractivity contribution in [2.45, 2.75) is 19.4 Å². The lowest BCUT2D eigenvalue weighted by Gasteiger charge is -2.04. The van der Waals surface area contributed by atoms with Crippen molar-refractivity contribution in [2.75, 3.05) is 0 Å². The summed E-state index contributed by atoms with van der Waals surface area (Å²) in [6.45, 7) is 2.00. The molecule has 1 unspecified atom stereocenters. The third-order valence-electron chi connectivity index (χ3n) is 2.91. The number of rotatable bonds is 3. The summed E-state index contributed by atoms with van der Waals surface area (Å²) in [5, 5.41) is 8.72. The van der Waals surface area contributed by atoms with E-state index in [1.807, 2.05) is 13.0 Å². The minimum absolute atomic E-state index is 0.125. The van der Waals surface area contributed by atoms with Gasteiger partial charge in [0.15, 0.2) is 0 Å². The molecule has 0 saturated carbocycles. The lowest BCUT2D eigenvalue weighted by molar-refractivity contribution is 0.670. The summed E-state index contributed by atoms with van der Waals surface area (Å²) in [5.74, 6) is 0. The Morgan fingerprint density at radius 3 is 3.05 bits per heavy atom. The van der Waals surface area contributed by atoms with E-state index < -0.39 is 0 Å². The maximum atomic E-state index is 6.23. The van der Waals surface area contributed by atoms with Crippen molar-refractivity contribution in [3.63, 3.8) is 0 Å². The van der Waals surface area contributed by atoms with E-state index in [4.69, 9.17) is 17.3 Å². The predicted octanol–water partition coefficient (Wildman–Crippen LogP) is 2.34. The Bertz CT molecular complexity index is 721. The van der Waals surface area contributed by atoms with Crippen molar-refractivity contribution in [1.29, 1.82) is 0 Å².